The number of rotatable bonds is 4. The van der Waals surface area contributed by atoms with Gasteiger partial charge >= 0.3 is 11.7 Å². The Morgan fingerprint density at radius 3 is 2.65 bits per heavy atom. The summed E-state index contributed by atoms with van der Waals surface area (Å²) < 4.78 is 11.1. The van der Waals surface area contributed by atoms with Crippen molar-refractivity contribution < 1.29 is 19.2 Å². The van der Waals surface area contributed by atoms with Crippen LogP contribution >= 0.6 is 11.3 Å². The van der Waals surface area contributed by atoms with Crippen molar-refractivity contribution in [1.29, 1.82) is 0 Å². The summed E-state index contributed by atoms with van der Waals surface area (Å²) in [7, 11) is 1.40. The number of nitro groups is 1. The summed E-state index contributed by atoms with van der Waals surface area (Å²) >= 11 is 1.28. The van der Waals surface area contributed by atoms with Crippen LogP contribution in [-0.4, -0.2) is 18.0 Å². The van der Waals surface area contributed by atoms with Crippen molar-refractivity contribution in [3.63, 3.8) is 0 Å². The number of methoxy groups -OCH3 is 1. The highest BCUT2D eigenvalue weighted by Crippen LogP contribution is 2.33. The van der Waals surface area contributed by atoms with E-state index >= 15 is 0 Å². The first-order valence-electron chi connectivity index (χ1n) is 6.61. The molecule has 0 spiro atoms. The number of benzene rings is 2. The van der Waals surface area contributed by atoms with Gasteiger partial charge in [-0.1, -0.05) is 18.2 Å². The molecule has 1 heterocycles. The molecular formula is C16H11NO5S. The van der Waals surface area contributed by atoms with Gasteiger partial charge in [0, 0.05) is 4.70 Å². The molecule has 0 bridgehead atoms. The quantitative estimate of drug-likeness (QED) is 0.312. The first-order valence-corrected chi connectivity index (χ1v) is 7.43. The normalized spacial score (nSPS) is 10.5. The van der Waals surface area contributed by atoms with Crippen molar-refractivity contribution in [2.24, 2.45) is 0 Å². The monoisotopic (exact) mass is 329 g/mol. The summed E-state index contributed by atoms with van der Waals surface area (Å²) in [4.78, 5) is 23.1. The number of nitro benzene ring substituents is 1. The molecule has 3 rings (SSSR count). The minimum absolute atomic E-state index is 0.113. The Bertz CT molecular complexity index is 869. The number of hydrogen-bond donors (Lipinski definition) is 0. The zero-order valence-corrected chi connectivity index (χ0v) is 12.8. The first kappa shape index (κ1) is 15.0. The van der Waals surface area contributed by atoms with E-state index in [0.29, 0.717) is 10.6 Å². The van der Waals surface area contributed by atoms with Crippen LogP contribution in [0.15, 0.2) is 48.5 Å². The minimum Gasteiger partial charge on any atom is -0.496 e. The van der Waals surface area contributed by atoms with Crippen molar-refractivity contribution in [3.05, 3.63) is 63.5 Å². The lowest BCUT2D eigenvalue weighted by Gasteiger charge is -2.05. The number of esters is 1. The molecule has 0 aliphatic rings. The summed E-state index contributed by atoms with van der Waals surface area (Å²) in [6, 6.07) is 13.3. The van der Waals surface area contributed by atoms with Crippen LogP contribution in [0.4, 0.5) is 5.69 Å². The summed E-state index contributed by atoms with van der Waals surface area (Å²) in [6.07, 6.45) is 0. The van der Waals surface area contributed by atoms with Gasteiger partial charge in [-0.05, 0) is 29.7 Å². The molecule has 116 valence electrons. The summed E-state index contributed by atoms with van der Waals surface area (Å²) in [6.45, 7) is 0. The van der Waals surface area contributed by atoms with Crippen LogP contribution in [0.5, 0.6) is 11.5 Å². The third-order valence-corrected chi connectivity index (χ3v) is 4.29. The highest BCUT2D eigenvalue weighted by Gasteiger charge is 2.21. The predicted octanol–water partition coefficient (Wildman–Crippen LogP) is 4.04. The lowest BCUT2D eigenvalue weighted by molar-refractivity contribution is -0.385. The summed E-state index contributed by atoms with van der Waals surface area (Å²) in [5.74, 6) is -0.420. The lowest BCUT2D eigenvalue weighted by Crippen LogP contribution is -2.08. The highest BCUT2D eigenvalue weighted by molar-refractivity contribution is 7.20. The molecule has 0 amide bonds. The number of carbonyl (C=O) groups excluding carboxylic acids is 1. The van der Waals surface area contributed by atoms with E-state index in [1.807, 2.05) is 24.3 Å². The average molecular weight is 329 g/mol. The second kappa shape index (κ2) is 6.05. The fourth-order valence-corrected chi connectivity index (χ4v) is 3.03. The Balaban J connectivity index is 1.91. The number of nitrogens with zero attached hydrogens (tertiary/aromatic N) is 1. The van der Waals surface area contributed by atoms with E-state index in [1.165, 1.54) is 36.6 Å². The third kappa shape index (κ3) is 3.00. The molecule has 0 saturated carbocycles. The Morgan fingerprint density at radius 1 is 1.17 bits per heavy atom. The van der Waals surface area contributed by atoms with Gasteiger partial charge in [-0.15, -0.1) is 11.3 Å². The van der Waals surface area contributed by atoms with Gasteiger partial charge < -0.3 is 9.47 Å². The first-order chi connectivity index (χ1) is 11.1. The fourth-order valence-electron chi connectivity index (χ4n) is 2.09. The second-order valence-corrected chi connectivity index (χ2v) is 5.71. The predicted molar refractivity (Wildman–Crippen MR) is 86.4 cm³/mol. The third-order valence-electron chi connectivity index (χ3n) is 3.19. The number of thiophene rings is 1. The Kier molecular flexibility index (Phi) is 3.94. The molecule has 1 aromatic heterocycles. The van der Waals surface area contributed by atoms with Crippen LogP contribution in [0.25, 0.3) is 10.1 Å². The molecule has 0 aliphatic heterocycles. The van der Waals surface area contributed by atoms with Crippen LogP contribution in [0.3, 0.4) is 0 Å². The topological polar surface area (TPSA) is 78.7 Å². The van der Waals surface area contributed by atoms with Crippen molar-refractivity contribution in [3.8, 4) is 11.5 Å². The number of ether oxygens (including phenoxy) is 2. The van der Waals surface area contributed by atoms with Gasteiger partial charge in [0.05, 0.1) is 18.1 Å². The molecule has 23 heavy (non-hydrogen) atoms. The van der Waals surface area contributed by atoms with Gasteiger partial charge in [0.2, 0.25) is 5.75 Å². The van der Waals surface area contributed by atoms with E-state index in [1.54, 1.807) is 6.07 Å². The zero-order chi connectivity index (χ0) is 16.4. The van der Waals surface area contributed by atoms with E-state index in [-0.39, 0.29) is 11.4 Å². The molecule has 0 saturated heterocycles. The summed E-state index contributed by atoms with van der Waals surface area (Å²) in [5, 5.41) is 12.0. The molecule has 0 aliphatic carbocycles. The van der Waals surface area contributed by atoms with E-state index in [9.17, 15) is 14.9 Å². The lowest BCUT2D eigenvalue weighted by atomic mass is 10.2. The molecule has 0 atom stereocenters. The Morgan fingerprint density at radius 2 is 1.96 bits per heavy atom. The molecule has 7 heteroatoms. The van der Waals surface area contributed by atoms with E-state index < -0.39 is 10.9 Å². The van der Waals surface area contributed by atoms with Gasteiger partial charge in [0.25, 0.3) is 0 Å². The number of fused-ring (bicyclic) bond motifs is 1. The molecule has 0 radical (unpaired) electrons. The average Bonchev–Trinajstić information content (AvgIpc) is 2.99. The van der Waals surface area contributed by atoms with Crippen molar-refractivity contribution >= 4 is 33.1 Å². The standard InChI is InChI=1S/C16H11NO5S/c1-21-11-6-7-13(12(9-11)17(19)20)22-16(18)15-8-10-4-2-3-5-14(10)23-15/h2-9H,1H3. The van der Waals surface area contributed by atoms with Crippen LogP contribution in [0.1, 0.15) is 9.67 Å². The van der Waals surface area contributed by atoms with E-state index in [4.69, 9.17) is 9.47 Å². The molecule has 0 unspecified atom stereocenters. The molecule has 3 aromatic rings. The van der Waals surface area contributed by atoms with Gasteiger partial charge in [0.1, 0.15) is 10.6 Å². The largest absolute Gasteiger partial charge is 0.496 e. The Hall–Kier alpha value is -2.93. The molecular weight excluding hydrogens is 318 g/mol. The number of carbonyl (C=O) groups is 1. The van der Waals surface area contributed by atoms with E-state index in [0.717, 1.165) is 10.1 Å². The minimum atomic E-state index is -0.625. The molecule has 0 fully saturated rings. The zero-order valence-electron chi connectivity index (χ0n) is 12.0. The van der Waals surface area contributed by atoms with E-state index in [2.05, 4.69) is 0 Å². The van der Waals surface area contributed by atoms with Gasteiger partial charge in [0.15, 0.2) is 0 Å². The van der Waals surface area contributed by atoms with Gasteiger partial charge in [-0.2, -0.15) is 0 Å². The highest BCUT2D eigenvalue weighted by atomic mass is 32.1. The SMILES string of the molecule is COc1ccc(OC(=O)c2cc3ccccc3s2)c([N+](=O)[O-])c1. The van der Waals surface area contributed by atoms with Gasteiger partial charge in [-0.25, -0.2) is 4.79 Å². The Labute approximate surface area is 135 Å². The van der Waals surface area contributed by atoms with Crippen LogP contribution in [-0.2, 0) is 0 Å². The fraction of sp³-hybridized carbons (Fsp3) is 0.0625. The van der Waals surface area contributed by atoms with Crippen LogP contribution < -0.4 is 9.47 Å². The van der Waals surface area contributed by atoms with Crippen LogP contribution in [0, 0.1) is 10.1 Å². The summed E-state index contributed by atoms with van der Waals surface area (Å²) in [5.41, 5.74) is -0.321. The van der Waals surface area contributed by atoms with Crippen molar-refractivity contribution in [1.82, 2.24) is 0 Å². The van der Waals surface area contributed by atoms with Crippen molar-refractivity contribution in [2.45, 2.75) is 0 Å². The molecule has 0 N–H and O–H groups in total. The molecule has 6 nitrogen and oxygen atoms in total. The maximum atomic E-state index is 12.2. The smallest absolute Gasteiger partial charge is 0.353 e. The maximum absolute atomic E-state index is 12.2. The second-order valence-electron chi connectivity index (χ2n) is 4.63. The molecule has 2 aromatic carbocycles. The van der Waals surface area contributed by atoms with Crippen LogP contribution in [0.2, 0.25) is 0 Å². The van der Waals surface area contributed by atoms with Crippen molar-refractivity contribution in [2.75, 3.05) is 7.11 Å². The number of hydrogen-bond acceptors (Lipinski definition) is 6. The maximum Gasteiger partial charge on any atom is 0.353 e. The van der Waals surface area contributed by atoms with Gasteiger partial charge in [-0.3, -0.25) is 10.1 Å².